The topological polar surface area (TPSA) is 114 Å². The van der Waals surface area contributed by atoms with Gasteiger partial charge in [0.25, 0.3) is 5.91 Å². The van der Waals surface area contributed by atoms with E-state index in [0.717, 1.165) is 10.6 Å². The van der Waals surface area contributed by atoms with Crippen LogP contribution >= 0.6 is 0 Å². The molecule has 0 atom stereocenters. The maximum Gasteiger partial charge on any atom is 0.253 e. The molecule has 2 rings (SSSR count). The maximum atomic E-state index is 12.7. The number of carbonyl (C=O) groups is 2. The van der Waals surface area contributed by atoms with Crippen molar-refractivity contribution in [3.8, 4) is 5.75 Å². The first-order valence-electron chi connectivity index (χ1n) is 9.62. The third kappa shape index (κ3) is 7.26. The van der Waals surface area contributed by atoms with Crippen LogP contribution in [0.25, 0.3) is 0 Å². The van der Waals surface area contributed by atoms with Crippen LogP contribution in [0.15, 0.2) is 48.5 Å². The molecule has 168 valence electrons. The van der Waals surface area contributed by atoms with Crippen molar-refractivity contribution in [3.63, 3.8) is 0 Å². The second-order valence-electron chi connectivity index (χ2n) is 6.54. The summed E-state index contributed by atoms with van der Waals surface area (Å²) in [6.07, 6.45) is 1.02. The minimum absolute atomic E-state index is 0.263. The van der Waals surface area contributed by atoms with E-state index in [2.05, 4.69) is 10.6 Å². The van der Waals surface area contributed by atoms with Gasteiger partial charge in [0.2, 0.25) is 15.9 Å². The van der Waals surface area contributed by atoms with Crippen LogP contribution in [0.5, 0.6) is 5.75 Å². The molecule has 2 N–H and O–H groups in total. The zero-order valence-electron chi connectivity index (χ0n) is 17.8. The van der Waals surface area contributed by atoms with Gasteiger partial charge >= 0.3 is 0 Å². The Morgan fingerprint density at radius 3 is 2.35 bits per heavy atom. The van der Waals surface area contributed by atoms with E-state index in [-0.39, 0.29) is 17.2 Å². The zero-order valence-corrected chi connectivity index (χ0v) is 18.6. The first-order chi connectivity index (χ1) is 14.8. The highest BCUT2D eigenvalue weighted by Crippen LogP contribution is 2.22. The van der Waals surface area contributed by atoms with Gasteiger partial charge in [0.15, 0.2) is 0 Å². The Labute approximate surface area is 182 Å². The number of nitrogens with one attached hydrogen (secondary N) is 2. The fourth-order valence-corrected chi connectivity index (χ4v) is 3.60. The fraction of sp³-hybridized carbons (Fsp3) is 0.333. The molecule has 0 unspecified atom stereocenters. The lowest BCUT2D eigenvalue weighted by atomic mass is 10.1. The zero-order chi connectivity index (χ0) is 22.9. The van der Waals surface area contributed by atoms with Gasteiger partial charge in [-0.05, 0) is 43.3 Å². The van der Waals surface area contributed by atoms with Gasteiger partial charge < -0.3 is 20.1 Å². The second-order valence-corrected chi connectivity index (χ2v) is 8.45. The molecule has 2 amide bonds. The third-order valence-electron chi connectivity index (χ3n) is 4.16. The predicted octanol–water partition coefficient (Wildman–Crippen LogP) is 1.87. The lowest BCUT2D eigenvalue weighted by Gasteiger charge is -2.22. The smallest absolute Gasteiger partial charge is 0.253 e. The Hall–Kier alpha value is -3.11. The molecule has 0 aliphatic rings. The molecule has 0 aromatic heterocycles. The van der Waals surface area contributed by atoms with Crippen LogP contribution in [0.3, 0.4) is 0 Å². The van der Waals surface area contributed by atoms with Crippen LogP contribution in [0.4, 0.5) is 11.4 Å². The van der Waals surface area contributed by atoms with Gasteiger partial charge in [0.1, 0.15) is 12.3 Å². The average molecular weight is 450 g/mol. The number of carbonyl (C=O) groups excluding carboxylic acids is 2. The van der Waals surface area contributed by atoms with Crippen molar-refractivity contribution in [3.05, 3.63) is 54.1 Å². The summed E-state index contributed by atoms with van der Waals surface area (Å²) >= 11 is 0. The van der Waals surface area contributed by atoms with Crippen LogP contribution in [0, 0.1) is 0 Å². The Morgan fingerprint density at radius 2 is 1.74 bits per heavy atom. The molecular weight excluding hydrogens is 422 g/mol. The Bertz CT molecular complexity index is 992. The van der Waals surface area contributed by atoms with E-state index in [4.69, 9.17) is 9.47 Å². The monoisotopic (exact) mass is 449 g/mol. The number of para-hydroxylation sites is 1. The third-order valence-corrected chi connectivity index (χ3v) is 5.30. The molecule has 0 fully saturated rings. The van der Waals surface area contributed by atoms with Gasteiger partial charge in [0.05, 0.1) is 36.4 Å². The van der Waals surface area contributed by atoms with Crippen molar-refractivity contribution in [2.24, 2.45) is 0 Å². The van der Waals surface area contributed by atoms with E-state index in [1.807, 2.05) is 6.92 Å². The number of nitrogens with zero attached hydrogens (tertiary/aromatic N) is 1. The summed E-state index contributed by atoms with van der Waals surface area (Å²) in [5, 5.41) is 5.31. The number of methoxy groups -OCH3 is 1. The summed E-state index contributed by atoms with van der Waals surface area (Å²) in [7, 11) is -2.21. The lowest BCUT2D eigenvalue weighted by Crippen LogP contribution is -2.37. The highest BCUT2D eigenvalue weighted by atomic mass is 32.2. The van der Waals surface area contributed by atoms with E-state index < -0.39 is 22.5 Å². The van der Waals surface area contributed by atoms with Gasteiger partial charge in [-0.1, -0.05) is 12.1 Å². The highest BCUT2D eigenvalue weighted by Gasteiger charge is 2.22. The van der Waals surface area contributed by atoms with Crippen molar-refractivity contribution in [1.29, 1.82) is 0 Å². The first kappa shape index (κ1) is 24.2. The fourth-order valence-electron chi connectivity index (χ4n) is 2.75. The number of hydrogen-bond acceptors (Lipinski definition) is 6. The lowest BCUT2D eigenvalue weighted by molar-refractivity contribution is -0.114. The normalized spacial score (nSPS) is 10.9. The minimum Gasteiger partial charge on any atom is -0.494 e. The Balaban J connectivity index is 2.16. The van der Waals surface area contributed by atoms with Gasteiger partial charge in [-0.25, -0.2) is 8.42 Å². The molecule has 0 saturated carbocycles. The van der Waals surface area contributed by atoms with E-state index in [0.29, 0.717) is 31.2 Å². The number of benzene rings is 2. The summed E-state index contributed by atoms with van der Waals surface area (Å²) < 4.78 is 35.8. The molecule has 0 aliphatic carbocycles. The van der Waals surface area contributed by atoms with Crippen molar-refractivity contribution in [2.45, 2.75) is 6.92 Å². The average Bonchev–Trinajstić information content (AvgIpc) is 2.73. The molecule has 0 radical (unpaired) electrons. The van der Waals surface area contributed by atoms with Gasteiger partial charge in [-0.15, -0.1) is 0 Å². The Morgan fingerprint density at radius 1 is 1.06 bits per heavy atom. The molecule has 2 aromatic rings. The highest BCUT2D eigenvalue weighted by molar-refractivity contribution is 7.92. The van der Waals surface area contributed by atoms with Crippen LogP contribution in [-0.4, -0.2) is 59.9 Å². The van der Waals surface area contributed by atoms with Crippen LogP contribution in [-0.2, 0) is 19.6 Å². The second kappa shape index (κ2) is 11.3. The van der Waals surface area contributed by atoms with E-state index in [1.54, 1.807) is 48.5 Å². The van der Waals surface area contributed by atoms with Gasteiger partial charge in [-0.3, -0.25) is 13.9 Å². The molecule has 9 nitrogen and oxygen atoms in total. The number of rotatable bonds is 11. The molecule has 0 heterocycles. The summed E-state index contributed by atoms with van der Waals surface area (Å²) in [4.78, 5) is 25.0. The van der Waals surface area contributed by atoms with E-state index in [1.165, 1.54) is 7.11 Å². The molecule has 2 aromatic carbocycles. The number of ether oxygens (including phenoxy) is 2. The number of sulfonamides is 1. The van der Waals surface area contributed by atoms with Crippen molar-refractivity contribution < 1.29 is 27.5 Å². The maximum absolute atomic E-state index is 12.7. The first-order valence-corrected chi connectivity index (χ1v) is 11.5. The largest absolute Gasteiger partial charge is 0.494 e. The SMILES string of the molecule is CCOc1ccc(N(CC(=O)Nc2ccccc2C(=O)NCCOC)S(C)(=O)=O)cc1. The van der Waals surface area contributed by atoms with Crippen LogP contribution in [0.1, 0.15) is 17.3 Å². The standard InChI is InChI=1S/C21H27N3O6S/c1-4-30-17-11-9-16(10-12-17)24(31(3,27)28)15-20(25)23-19-8-6-5-7-18(19)21(26)22-13-14-29-2/h5-12H,4,13-15H2,1-3H3,(H,22,26)(H,23,25). The number of amides is 2. The van der Waals surface area contributed by atoms with E-state index in [9.17, 15) is 18.0 Å². The summed E-state index contributed by atoms with van der Waals surface area (Å²) in [6.45, 7) is 2.54. The van der Waals surface area contributed by atoms with Crippen molar-refractivity contribution >= 4 is 33.2 Å². The number of hydrogen-bond donors (Lipinski definition) is 2. The van der Waals surface area contributed by atoms with Crippen molar-refractivity contribution in [1.82, 2.24) is 5.32 Å². The van der Waals surface area contributed by atoms with Gasteiger partial charge in [0, 0.05) is 13.7 Å². The quantitative estimate of drug-likeness (QED) is 0.506. The number of anilines is 2. The van der Waals surface area contributed by atoms with E-state index >= 15 is 0 Å². The molecule has 0 saturated heterocycles. The summed E-state index contributed by atoms with van der Waals surface area (Å²) in [5.41, 5.74) is 0.869. The van der Waals surface area contributed by atoms with Gasteiger partial charge in [-0.2, -0.15) is 0 Å². The molecule has 31 heavy (non-hydrogen) atoms. The van der Waals surface area contributed by atoms with Crippen molar-refractivity contribution in [2.75, 3.05) is 49.3 Å². The molecule has 0 spiro atoms. The summed E-state index contributed by atoms with van der Waals surface area (Å²) in [5.74, 6) is -0.367. The minimum atomic E-state index is -3.73. The predicted molar refractivity (Wildman–Crippen MR) is 119 cm³/mol. The summed E-state index contributed by atoms with van der Waals surface area (Å²) in [6, 6.07) is 12.9. The van der Waals surface area contributed by atoms with Crippen LogP contribution in [0.2, 0.25) is 0 Å². The van der Waals surface area contributed by atoms with Crippen LogP contribution < -0.4 is 19.7 Å². The molecule has 0 aliphatic heterocycles. The Kier molecular flexibility index (Phi) is 8.83. The molecular formula is C21H27N3O6S. The molecule has 10 heteroatoms. The molecule has 0 bridgehead atoms.